The van der Waals surface area contributed by atoms with Gasteiger partial charge >= 0.3 is 19.8 Å². The van der Waals surface area contributed by atoms with Gasteiger partial charge in [-0.2, -0.15) is 0 Å². The molecule has 5 saturated heterocycles. The number of nitrogens with two attached hydrogens (primary N) is 2. The first-order valence-electron chi connectivity index (χ1n) is 26.3. The van der Waals surface area contributed by atoms with Crippen LogP contribution in [0.15, 0.2) is 0 Å². The largest absolute Gasteiger partial charge is 0.481 e. The monoisotopic (exact) mass is 1140 g/mol. The lowest BCUT2D eigenvalue weighted by atomic mass is 10.1. The Balaban J connectivity index is 1.20. The molecular weight excluding hydrogens is 1070 g/mol. The van der Waals surface area contributed by atoms with E-state index in [4.69, 9.17) is 11.5 Å². The highest BCUT2D eigenvalue weighted by Crippen LogP contribution is 2.36. The lowest BCUT2D eigenvalue weighted by molar-refractivity contribution is -0.150. The fourth-order valence-electron chi connectivity index (χ4n) is 10.6. The summed E-state index contributed by atoms with van der Waals surface area (Å²) >= 11 is 0. The molecule has 11 atom stereocenters. The smallest absolute Gasteiger partial charge is 0.469 e. The zero-order valence-corrected chi connectivity index (χ0v) is 45.1. The number of hydrogen-bond acceptors (Lipinski definition) is 16. The zero-order chi connectivity index (χ0) is 58.6. The molecule has 79 heavy (non-hydrogen) atoms. The van der Waals surface area contributed by atoms with Crippen LogP contribution in [0, 0.1) is 0 Å². The van der Waals surface area contributed by atoms with Gasteiger partial charge in [-0.15, -0.1) is 0 Å². The van der Waals surface area contributed by atoms with Gasteiger partial charge < -0.3 is 82.6 Å². The number of amides is 11. The maximum Gasteiger partial charge on any atom is 0.469 e. The van der Waals surface area contributed by atoms with Crippen LogP contribution in [0.25, 0.3) is 0 Å². The Bertz CT molecular complexity index is 2430. The van der Waals surface area contributed by atoms with Gasteiger partial charge in [0.25, 0.3) is 0 Å². The molecule has 0 radical (unpaired) electrons. The Morgan fingerprint density at radius 1 is 0.519 bits per heavy atom. The molecule has 5 heterocycles. The van der Waals surface area contributed by atoms with Gasteiger partial charge in [0.05, 0.1) is 12.6 Å². The van der Waals surface area contributed by atoms with Crippen molar-refractivity contribution in [1.29, 1.82) is 0 Å². The number of nitrogens with zero attached hydrogens (tertiary/aromatic N) is 5. The summed E-state index contributed by atoms with van der Waals surface area (Å²) in [6.07, 6.45) is 0.938. The van der Waals surface area contributed by atoms with E-state index in [-0.39, 0.29) is 77.7 Å². The molecular formula is C47H73N12O19P. The maximum absolute atomic E-state index is 14.3. The van der Waals surface area contributed by atoms with E-state index in [2.05, 4.69) is 31.1 Å². The molecule has 440 valence electrons. The fourth-order valence-corrected chi connectivity index (χ4v) is 10.9. The number of aliphatic carboxylic acids is 2. The molecule has 0 aliphatic carbocycles. The highest BCUT2D eigenvalue weighted by atomic mass is 31.2. The minimum Gasteiger partial charge on any atom is -0.481 e. The number of phosphoric acid groups is 1. The minimum atomic E-state index is -5.24. The van der Waals surface area contributed by atoms with Gasteiger partial charge in [-0.1, -0.05) is 0 Å². The Kier molecular flexibility index (Phi) is 22.2. The summed E-state index contributed by atoms with van der Waals surface area (Å²) < 4.78 is 16.1. The normalized spacial score (nSPS) is 23.4. The van der Waals surface area contributed by atoms with E-state index < -0.39 is 177 Å². The molecule has 0 spiro atoms. The molecule has 13 N–H and O–H groups in total. The van der Waals surface area contributed by atoms with Crippen molar-refractivity contribution >= 4 is 84.7 Å². The van der Waals surface area contributed by atoms with E-state index in [0.717, 1.165) is 4.90 Å². The van der Waals surface area contributed by atoms with Crippen molar-refractivity contribution in [2.45, 2.75) is 177 Å². The van der Waals surface area contributed by atoms with Crippen molar-refractivity contribution in [3.63, 3.8) is 0 Å². The second kappa shape index (κ2) is 27.9. The van der Waals surface area contributed by atoms with Crippen LogP contribution in [-0.4, -0.2) is 227 Å². The Hall–Kier alpha value is -6.82. The second-order valence-corrected chi connectivity index (χ2v) is 21.7. The molecule has 5 aliphatic heterocycles. The van der Waals surface area contributed by atoms with Crippen LogP contribution in [-0.2, 0) is 71.4 Å². The number of hydrogen-bond donors (Lipinski definition) is 11. The van der Waals surface area contributed by atoms with Gasteiger partial charge in [0, 0.05) is 45.6 Å². The average Bonchev–Trinajstić information content (AvgIpc) is 4.30. The van der Waals surface area contributed by atoms with Crippen molar-refractivity contribution in [3.8, 4) is 0 Å². The van der Waals surface area contributed by atoms with Crippen LogP contribution in [0.5, 0.6) is 0 Å². The van der Waals surface area contributed by atoms with Crippen molar-refractivity contribution < 1.29 is 91.4 Å². The molecule has 5 rings (SSSR count). The van der Waals surface area contributed by atoms with Crippen LogP contribution in [0.3, 0.4) is 0 Å². The molecule has 0 bridgehead atoms. The number of phosphoric ester groups is 1. The number of carbonyl (C=O) groups is 13. The molecule has 32 heteroatoms. The molecule has 5 aliphatic rings. The van der Waals surface area contributed by atoms with E-state index in [1.807, 2.05) is 0 Å². The van der Waals surface area contributed by atoms with Crippen LogP contribution in [0.4, 0.5) is 0 Å². The summed E-state index contributed by atoms with van der Waals surface area (Å²) in [5, 5.41) is 31.1. The minimum absolute atomic E-state index is 0.0587. The van der Waals surface area contributed by atoms with E-state index in [1.54, 1.807) is 0 Å². The molecule has 0 saturated carbocycles. The van der Waals surface area contributed by atoms with Crippen LogP contribution in [0.2, 0.25) is 0 Å². The van der Waals surface area contributed by atoms with Gasteiger partial charge in [0.2, 0.25) is 65.0 Å². The number of carboxylic acid groups (broad SMARTS) is 2. The Morgan fingerprint density at radius 3 is 1.37 bits per heavy atom. The predicted octanol–water partition coefficient (Wildman–Crippen LogP) is -4.92. The van der Waals surface area contributed by atoms with E-state index in [1.165, 1.54) is 40.4 Å². The van der Waals surface area contributed by atoms with Crippen molar-refractivity contribution in [2.24, 2.45) is 11.5 Å². The van der Waals surface area contributed by atoms with Crippen molar-refractivity contribution in [2.75, 3.05) is 39.3 Å². The second-order valence-electron chi connectivity index (χ2n) is 20.4. The maximum atomic E-state index is 14.3. The molecule has 0 aromatic heterocycles. The first-order chi connectivity index (χ1) is 37.1. The van der Waals surface area contributed by atoms with Crippen LogP contribution in [0.1, 0.15) is 111 Å². The van der Waals surface area contributed by atoms with Crippen molar-refractivity contribution in [3.05, 3.63) is 0 Å². The average molecular weight is 1140 g/mol. The Morgan fingerprint density at radius 2 is 0.911 bits per heavy atom. The van der Waals surface area contributed by atoms with Gasteiger partial charge in [0.1, 0.15) is 60.4 Å². The summed E-state index contributed by atoms with van der Waals surface area (Å²) in [7, 11) is -5.24. The first-order valence-corrected chi connectivity index (χ1v) is 27.9. The predicted molar refractivity (Wildman–Crippen MR) is 269 cm³/mol. The molecule has 0 unspecified atom stereocenters. The lowest BCUT2D eigenvalue weighted by Crippen LogP contribution is -2.60. The molecule has 11 amide bonds. The topological polar surface area (TPSA) is 458 Å². The summed E-state index contributed by atoms with van der Waals surface area (Å²) in [5.41, 5.74) is 11.0. The quantitative estimate of drug-likeness (QED) is 0.0382. The third-order valence-electron chi connectivity index (χ3n) is 14.6. The van der Waals surface area contributed by atoms with Gasteiger partial charge in [-0.25, -0.2) is 9.36 Å². The summed E-state index contributed by atoms with van der Waals surface area (Å²) in [6, 6.07) is -13.9. The zero-order valence-electron chi connectivity index (χ0n) is 44.2. The number of likely N-dealkylation sites (tertiary alicyclic amines) is 5. The lowest BCUT2D eigenvalue weighted by Gasteiger charge is -2.34. The van der Waals surface area contributed by atoms with Gasteiger partial charge in [-0.05, 0) is 97.8 Å². The van der Waals surface area contributed by atoms with Gasteiger partial charge in [0.15, 0.2) is 0 Å². The fraction of sp³-hybridized carbons (Fsp3) is 0.723. The molecule has 5 fully saturated rings. The summed E-state index contributed by atoms with van der Waals surface area (Å²) in [6.45, 7) is 3.46. The number of carboxylic acids is 2. The molecule has 0 aromatic carbocycles. The van der Waals surface area contributed by atoms with E-state index >= 15 is 0 Å². The Labute approximate surface area is 454 Å². The molecule has 0 aromatic rings. The number of primary amides is 1. The van der Waals surface area contributed by atoms with E-state index in [0.29, 0.717) is 25.7 Å². The summed E-state index contributed by atoms with van der Waals surface area (Å²) in [5.74, 6) is -11.1. The number of nitrogens with one attached hydrogen (secondary N) is 5. The number of rotatable bonds is 25. The summed E-state index contributed by atoms with van der Waals surface area (Å²) in [4.78, 5) is 197. The van der Waals surface area contributed by atoms with Crippen molar-refractivity contribution in [1.82, 2.24) is 51.1 Å². The standard InChI is InChI=1S/C47H73N12O19P/c1-24(48)37(63)52-28(15-17-36(61)62)38(64)50-25(2)42(68)57-20-6-11-32(57)45(71)55-18-4-9-30(55)40(66)51-26(3)43(69)58-21-7-12-33(58)46(72)56-19-5-10-31(56)41(67)53-27(14-16-35(49)60)39(65)54-29(23-78-79(75,76)77)44(70)59-22-8-13-34(59)47(73)74/h24-34H,4-23,48H2,1-3H3,(H2,49,60)(H,50,64)(H,51,66)(H,52,63)(H,53,67)(H,54,65)(H,61,62)(H,73,74)(H2,75,76,77)/t24-,25-,26-,27-,28-,29-,30-,31-,32-,33-,34-/m0/s1. The third-order valence-corrected chi connectivity index (χ3v) is 15.1. The van der Waals surface area contributed by atoms with Gasteiger partial charge in [-0.3, -0.25) is 62.1 Å². The third kappa shape index (κ3) is 16.6. The van der Waals surface area contributed by atoms with Crippen LogP contribution < -0.4 is 38.1 Å². The first kappa shape index (κ1) is 63.0. The SMILES string of the molecule is C[C@H](N)C(=O)N[C@@H](CCC(=O)O)C(=O)N[C@@H](C)C(=O)N1CCC[C@H]1C(=O)N1CCC[C@H]1C(=O)N[C@@H](C)C(=O)N1CCC[C@H]1C(=O)N1CCC[C@H]1C(=O)N[C@@H](CCC(N)=O)C(=O)N[C@@H](COP(=O)(O)O)C(=O)N1CCC[C@H]1C(=O)O. The highest BCUT2D eigenvalue weighted by Gasteiger charge is 2.47. The molecule has 31 nitrogen and oxygen atoms in total. The highest BCUT2D eigenvalue weighted by molar-refractivity contribution is 7.46. The van der Waals surface area contributed by atoms with E-state index in [9.17, 15) is 86.9 Å². The van der Waals surface area contributed by atoms with Crippen LogP contribution >= 0.6 is 7.82 Å². The number of carbonyl (C=O) groups excluding carboxylic acids is 11.